The van der Waals surface area contributed by atoms with Gasteiger partial charge < -0.3 is 10.1 Å². The van der Waals surface area contributed by atoms with Gasteiger partial charge >= 0.3 is 5.97 Å². The molecule has 0 unspecified atom stereocenters. The molecule has 0 heterocycles. The van der Waals surface area contributed by atoms with Crippen molar-refractivity contribution in [2.24, 2.45) is 23.7 Å². The van der Waals surface area contributed by atoms with E-state index >= 15 is 0 Å². The number of hydrogen-bond acceptors (Lipinski definition) is 3. The van der Waals surface area contributed by atoms with Gasteiger partial charge in [0.2, 0.25) is 5.91 Å². The Morgan fingerprint density at radius 1 is 1.19 bits per heavy atom. The van der Waals surface area contributed by atoms with Gasteiger partial charge in [-0.1, -0.05) is 57.5 Å². The number of ether oxygens (including phenoxy) is 1. The first-order chi connectivity index (χ1) is 12.4. The normalized spacial score (nSPS) is 24.1. The van der Waals surface area contributed by atoms with Crippen molar-refractivity contribution in [2.45, 2.75) is 52.4 Å². The standard InChI is InChI=1S/C22H33NO3/c1-15(2)19-11-10-16(3)12-20(19)22(25)23-14-18(13-21(24)26-4)17-8-6-5-7-9-17/h5-9,15-16,18-20H,10-14H2,1-4H3,(H,23,25)/t16-,18+,19+,20-/m1/s1. The summed E-state index contributed by atoms with van der Waals surface area (Å²) in [7, 11) is 1.40. The van der Waals surface area contributed by atoms with E-state index in [1.54, 1.807) is 0 Å². The van der Waals surface area contributed by atoms with Crippen LogP contribution in [0.1, 0.15) is 57.9 Å². The monoisotopic (exact) mass is 359 g/mol. The zero-order chi connectivity index (χ0) is 19.1. The molecular formula is C22H33NO3. The van der Waals surface area contributed by atoms with E-state index in [0.717, 1.165) is 18.4 Å². The van der Waals surface area contributed by atoms with Crippen LogP contribution in [0.25, 0.3) is 0 Å². The summed E-state index contributed by atoms with van der Waals surface area (Å²) >= 11 is 0. The predicted molar refractivity (Wildman–Crippen MR) is 104 cm³/mol. The van der Waals surface area contributed by atoms with Gasteiger partial charge in [0.15, 0.2) is 0 Å². The Labute approximate surface area is 157 Å². The van der Waals surface area contributed by atoms with Crippen molar-refractivity contribution >= 4 is 11.9 Å². The van der Waals surface area contributed by atoms with E-state index in [9.17, 15) is 9.59 Å². The Bertz CT molecular complexity index is 584. The number of carbonyl (C=O) groups is 2. The number of esters is 1. The Morgan fingerprint density at radius 2 is 1.88 bits per heavy atom. The van der Waals surface area contributed by atoms with Crippen molar-refractivity contribution in [2.75, 3.05) is 13.7 Å². The van der Waals surface area contributed by atoms with Gasteiger partial charge in [-0.15, -0.1) is 0 Å². The Hall–Kier alpha value is -1.84. The van der Waals surface area contributed by atoms with Crippen molar-refractivity contribution in [3.8, 4) is 0 Å². The fourth-order valence-electron chi connectivity index (χ4n) is 4.18. The molecule has 2 rings (SSSR count). The number of amides is 1. The molecule has 4 heteroatoms. The molecule has 1 saturated carbocycles. The van der Waals surface area contributed by atoms with Gasteiger partial charge in [-0.05, 0) is 36.2 Å². The van der Waals surface area contributed by atoms with E-state index in [-0.39, 0.29) is 30.1 Å². The summed E-state index contributed by atoms with van der Waals surface area (Å²) in [6, 6.07) is 9.87. The van der Waals surface area contributed by atoms with E-state index < -0.39 is 0 Å². The summed E-state index contributed by atoms with van der Waals surface area (Å²) in [4.78, 5) is 24.7. The maximum Gasteiger partial charge on any atom is 0.306 e. The third kappa shape index (κ3) is 5.58. The van der Waals surface area contributed by atoms with Crippen LogP contribution in [-0.2, 0) is 14.3 Å². The molecule has 0 spiro atoms. The first-order valence-corrected chi connectivity index (χ1v) is 9.81. The molecule has 144 valence electrons. The van der Waals surface area contributed by atoms with Crippen LogP contribution in [0.15, 0.2) is 30.3 Å². The summed E-state index contributed by atoms with van der Waals surface area (Å²) in [5.74, 6) is 1.46. The molecule has 0 radical (unpaired) electrons. The fraction of sp³-hybridized carbons (Fsp3) is 0.636. The lowest BCUT2D eigenvalue weighted by molar-refractivity contribution is -0.141. The molecule has 26 heavy (non-hydrogen) atoms. The van der Waals surface area contributed by atoms with E-state index in [0.29, 0.717) is 24.3 Å². The van der Waals surface area contributed by atoms with Crippen molar-refractivity contribution in [1.82, 2.24) is 5.32 Å². The highest BCUT2D eigenvalue weighted by molar-refractivity contribution is 5.79. The molecule has 0 bridgehead atoms. The number of nitrogens with one attached hydrogen (secondary N) is 1. The SMILES string of the molecule is COC(=O)C[C@@H](CNC(=O)[C@@H]1C[C@H](C)CC[C@H]1C(C)C)c1ccccc1. The number of hydrogen-bond donors (Lipinski definition) is 1. The summed E-state index contributed by atoms with van der Waals surface area (Å²) in [6.45, 7) is 7.13. The fourth-order valence-corrected chi connectivity index (χ4v) is 4.18. The lowest BCUT2D eigenvalue weighted by Gasteiger charge is -2.36. The highest BCUT2D eigenvalue weighted by atomic mass is 16.5. The predicted octanol–water partition coefficient (Wildman–Crippen LogP) is 4.16. The lowest BCUT2D eigenvalue weighted by Crippen LogP contribution is -2.41. The van der Waals surface area contributed by atoms with Crippen LogP contribution in [0.2, 0.25) is 0 Å². The number of carbonyl (C=O) groups excluding carboxylic acids is 2. The topological polar surface area (TPSA) is 55.4 Å². The molecule has 1 aliphatic rings. The van der Waals surface area contributed by atoms with Crippen molar-refractivity contribution in [3.63, 3.8) is 0 Å². The van der Waals surface area contributed by atoms with Crippen LogP contribution in [0.5, 0.6) is 0 Å². The average Bonchev–Trinajstić information content (AvgIpc) is 2.64. The van der Waals surface area contributed by atoms with Gasteiger partial charge in [0, 0.05) is 18.4 Å². The van der Waals surface area contributed by atoms with E-state index in [2.05, 4.69) is 26.1 Å². The maximum absolute atomic E-state index is 12.9. The summed E-state index contributed by atoms with van der Waals surface area (Å²) in [5, 5.41) is 3.14. The number of methoxy groups -OCH3 is 1. The van der Waals surface area contributed by atoms with Crippen molar-refractivity contribution < 1.29 is 14.3 Å². The molecule has 4 nitrogen and oxygen atoms in total. The Morgan fingerprint density at radius 3 is 2.50 bits per heavy atom. The second-order valence-electron chi connectivity index (χ2n) is 8.07. The van der Waals surface area contributed by atoms with Gasteiger partial charge in [0.1, 0.15) is 0 Å². The minimum absolute atomic E-state index is 0.0638. The van der Waals surface area contributed by atoms with Gasteiger partial charge in [0.05, 0.1) is 13.5 Å². The van der Waals surface area contributed by atoms with Gasteiger partial charge in [-0.25, -0.2) is 0 Å². The van der Waals surface area contributed by atoms with Gasteiger partial charge in [0.25, 0.3) is 0 Å². The van der Waals surface area contributed by atoms with Gasteiger partial charge in [-0.3, -0.25) is 9.59 Å². The average molecular weight is 360 g/mol. The molecule has 1 aromatic carbocycles. The second kappa shape index (κ2) is 9.75. The summed E-state index contributed by atoms with van der Waals surface area (Å²) in [5.41, 5.74) is 1.05. The molecule has 0 saturated heterocycles. The van der Waals surface area contributed by atoms with Crippen LogP contribution in [0.4, 0.5) is 0 Å². The first-order valence-electron chi connectivity index (χ1n) is 9.81. The number of rotatable bonds is 7. The Balaban J connectivity index is 2.04. The van der Waals surface area contributed by atoms with E-state index in [1.165, 1.54) is 13.5 Å². The second-order valence-corrected chi connectivity index (χ2v) is 8.07. The van der Waals surface area contributed by atoms with Crippen LogP contribution >= 0.6 is 0 Å². The first kappa shape index (κ1) is 20.5. The maximum atomic E-state index is 12.9. The minimum atomic E-state index is -0.251. The summed E-state index contributed by atoms with van der Waals surface area (Å²) in [6.07, 6.45) is 3.57. The van der Waals surface area contributed by atoms with E-state index in [4.69, 9.17) is 4.74 Å². The minimum Gasteiger partial charge on any atom is -0.469 e. The molecule has 0 aliphatic heterocycles. The number of benzene rings is 1. The van der Waals surface area contributed by atoms with Gasteiger partial charge in [-0.2, -0.15) is 0 Å². The highest BCUT2D eigenvalue weighted by Crippen LogP contribution is 2.38. The van der Waals surface area contributed by atoms with Crippen molar-refractivity contribution in [1.29, 1.82) is 0 Å². The van der Waals surface area contributed by atoms with Crippen LogP contribution in [0.3, 0.4) is 0 Å². The lowest BCUT2D eigenvalue weighted by atomic mass is 9.70. The van der Waals surface area contributed by atoms with Crippen LogP contribution in [0, 0.1) is 23.7 Å². The third-order valence-electron chi connectivity index (χ3n) is 5.79. The summed E-state index contributed by atoms with van der Waals surface area (Å²) < 4.78 is 4.84. The smallest absolute Gasteiger partial charge is 0.306 e. The molecule has 0 aromatic heterocycles. The largest absolute Gasteiger partial charge is 0.469 e. The molecule has 1 aliphatic carbocycles. The third-order valence-corrected chi connectivity index (χ3v) is 5.79. The van der Waals surface area contributed by atoms with E-state index in [1.807, 2.05) is 30.3 Å². The molecule has 1 N–H and O–H groups in total. The Kier molecular flexibility index (Phi) is 7.67. The molecule has 1 fully saturated rings. The zero-order valence-electron chi connectivity index (χ0n) is 16.5. The zero-order valence-corrected chi connectivity index (χ0v) is 16.5. The molecule has 4 atom stereocenters. The molecule has 1 aromatic rings. The van der Waals surface area contributed by atoms with Crippen LogP contribution < -0.4 is 5.32 Å². The highest BCUT2D eigenvalue weighted by Gasteiger charge is 2.35. The molecular weight excluding hydrogens is 326 g/mol. The quantitative estimate of drug-likeness (QED) is 0.744. The van der Waals surface area contributed by atoms with Crippen molar-refractivity contribution in [3.05, 3.63) is 35.9 Å². The molecule has 1 amide bonds. The van der Waals surface area contributed by atoms with Crippen LogP contribution in [-0.4, -0.2) is 25.5 Å².